The lowest BCUT2D eigenvalue weighted by Gasteiger charge is -2.12. The van der Waals surface area contributed by atoms with Crippen LogP contribution in [0.1, 0.15) is 27.0 Å². The first-order valence-electron chi connectivity index (χ1n) is 8.42. The molecule has 1 amide bonds. The number of aryl methyl sites for hydroxylation is 2. The highest BCUT2D eigenvalue weighted by molar-refractivity contribution is 6.04. The highest BCUT2D eigenvalue weighted by atomic mass is 19.1. The SMILES string of the molecule is Cc1ccc(C)c(NC(=O)c2cccn(OCc3ccccc3F)c2=O)c1. The fraction of sp³-hybridized carbons (Fsp3) is 0.143. The third-order valence-corrected chi connectivity index (χ3v) is 4.12. The number of halogens is 1. The normalized spacial score (nSPS) is 10.5. The van der Waals surface area contributed by atoms with Gasteiger partial charge < -0.3 is 10.2 Å². The van der Waals surface area contributed by atoms with Crippen LogP contribution in [0.15, 0.2) is 65.6 Å². The lowest BCUT2D eigenvalue weighted by molar-refractivity contribution is 0.0847. The Morgan fingerprint density at radius 2 is 1.89 bits per heavy atom. The van der Waals surface area contributed by atoms with Gasteiger partial charge in [0.05, 0.1) is 0 Å². The fourth-order valence-corrected chi connectivity index (χ4v) is 2.56. The van der Waals surface area contributed by atoms with Crippen LogP contribution in [-0.4, -0.2) is 10.6 Å². The third kappa shape index (κ3) is 4.23. The van der Waals surface area contributed by atoms with E-state index in [-0.39, 0.29) is 12.2 Å². The molecule has 0 bridgehead atoms. The first-order chi connectivity index (χ1) is 13.0. The maximum Gasteiger partial charge on any atom is 0.295 e. The van der Waals surface area contributed by atoms with Crippen molar-refractivity contribution in [1.82, 2.24) is 4.73 Å². The van der Waals surface area contributed by atoms with Gasteiger partial charge in [-0.2, -0.15) is 4.73 Å². The summed E-state index contributed by atoms with van der Waals surface area (Å²) in [4.78, 5) is 30.5. The van der Waals surface area contributed by atoms with Gasteiger partial charge in [0, 0.05) is 17.4 Å². The molecule has 0 atom stereocenters. The standard InChI is InChI=1S/C21H19FN2O3/c1-14-9-10-15(2)19(12-14)23-20(25)17-7-5-11-24(21(17)26)27-13-16-6-3-4-8-18(16)22/h3-12H,13H2,1-2H3,(H,23,25). The minimum Gasteiger partial charge on any atom is -0.406 e. The van der Waals surface area contributed by atoms with Crippen LogP contribution in [0.3, 0.4) is 0 Å². The van der Waals surface area contributed by atoms with Crippen molar-refractivity contribution < 1.29 is 14.0 Å². The summed E-state index contributed by atoms with van der Waals surface area (Å²) in [6.45, 7) is 3.66. The molecule has 0 saturated heterocycles. The van der Waals surface area contributed by atoms with E-state index in [1.807, 2.05) is 32.0 Å². The molecule has 0 aliphatic heterocycles. The zero-order valence-electron chi connectivity index (χ0n) is 15.0. The summed E-state index contributed by atoms with van der Waals surface area (Å²) in [5.41, 5.74) is 2.16. The molecule has 1 aromatic heterocycles. The summed E-state index contributed by atoms with van der Waals surface area (Å²) >= 11 is 0. The minimum atomic E-state index is -0.614. The number of benzene rings is 2. The highest BCUT2D eigenvalue weighted by Crippen LogP contribution is 2.17. The van der Waals surface area contributed by atoms with Crippen LogP contribution < -0.4 is 15.7 Å². The predicted octanol–water partition coefficient (Wildman–Crippen LogP) is 3.49. The van der Waals surface area contributed by atoms with Crippen LogP contribution in [0.25, 0.3) is 0 Å². The molecule has 0 aliphatic rings. The van der Waals surface area contributed by atoms with E-state index in [4.69, 9.17) is 4.84 Å². The van der Waals surface area contributed by atoms with Gasteiger partial charge in [-0.05, 0) is 49.2 Å². The molecule has 0 radical (unpaired) electrons. The smallest absolute Gasteiger partial charge is 0.295 e. The molecular weight excluding hydrogens is 347 g/mol. The lowest BCUT2D eigenvalue weighted by atomic mass is 10.1. The molecule has 0 spiro atoms. The molecule has 6 heteroatoms. The van der Waals surface area contributed by atoms with Gasteiger partial charge in [-0.1, -0.05) is 30.3 Å². The highest BCUT2D eigenvalue weighted by Gasteiger charge is 2.14. The van der Waals surface area contributed by atoms with Crippen LogP contribution in [0.5, 0.6) is 0 Å². The molecule has 27 heavy (non-hydrogen) atoms. The molecule has 2 aromatic carbocycles. The van der Waals surface area contributed by atoms with E-state index < -0.39 is 17.3 Å². The molecule has 0 fully saturated rings. The Balaban J connectivity index is 1.80. The molecule has 138 valence electrons. The molecule has 3 rings (SSSR count). The predicted molar refractivity (Wildman–Crippen MR) is 101 cm³/mol. The van der Waals surface area contributed by atoms with Gasteiger partial charge >= 0.3 is 0 Å². The van der Waals surface area contributed by atoms with Crippen LogP contribution in [0, 0.1) is 19.7 Å². The van der Waals surface area contributed by atoms with Crippen LogP contribution in [-0.2, 0) is 6.61 Å². The number of hydrogen-bond donors (Lipinski definition) is 1. The van der Waals surface area contributed by atoms with Crippen molar-refractivity contribution in [3.63, 3.8) is 0 Å². The number of nitrogens with zero attached hydrogens (tertiary/aromatic N) is 1. The first-order valence-corrected chi connectivity index (χ1v) is 8.42. The molecule has 1 N–H and O–H groups in total. The molecular formula is C21H19FN2O3. The Kier molecular flexibility index (Phi) is 5.35. The number of rotatable bonds is 5. The zero-order chi connectivity index (χ0) is 19.4. The number of carbonyl (C=O) groups is 1. The second-order valence-electron chi connectivity index (χ2n) is 6.19. The summed E-state index contributed by atoms with van der Waals surface area (Å²) in [7, 11) is 0. The maximum atomic E-state index is 13.7. The number of hydrogen-bond acceptors (Lipinski definition) is 3. The van der Waals surface area contributed by atoms with Gasteiger partial charge in [0.25, 0.3) is 11.5 Å². The molecule has 1 heterocycles. The molecule has 3 aromatic rings. The van der Waals surface area contributed by atoms with Crippen molar-refractivity contribution in [2.24, 2.45) is 0 Å². The number of amides is 1. The molecule has 0 aliphatic carbocycles. The Bertz CT molecular complexity index is 1040. The number of anilines is 1. The monoisotopic (exact) mass is 366 g/mol. The van der Waals surface area contributed by atoms with Gasteiger partial charge in [0.1, 0.15) is 18.0 Å². The van der Waals surface area contributed by atoms with Crippen molar-refractivity contribution in [3.05, 3.63) is 99.2 Å². The largest absolute Gasteiger partial charge is 0.406 e. The molecule has 0 unspecified atom stereocenters. The van der Waals surface area contributed by atoms with E-state index >= 15 is 0 Å². The van der Waals surface area contributed by atoms with E-state index in [0.717, 1.165) is 15.9 Å². The Morgan fingerprint density at radius 1 is 1.11 bits per heavy atom. The van der Waals surface area contributed by atoms with Crippen molar-refractivity contribution in [2.75, 3.05) is 5.32 Å². The number of aromatic nitrogens is 1. The topological polar surface area (TPSA) is 60.3 Å². The molecule has 5 nitrogen and oxygen atoms in total. The number of pyridine rings is 1. The molecule has 0 saturated carbocycles. The van der Waals surface area contributed by atoms with Crippen LogP contribution >= 0.6 is 0 Å². The van der Waals surface area contributed by atoms with Gasteiger partial charge in [0.2, 0.25) is 0 Å². The maximum absolute atomic E-state index is 13.7. The average Bonchev–Trinajstić information content (AvgIpc) is 2.65. The van der Waals surface area contributed by atoms with E-state index in [2.05, 4.69) is 5.32 Å². The second kappa shape index (κ2) is 7.86. The van der Waals surface area contributed by atoms with Crippen molar-refractivity contribution in [3.8, 4) is 0 Å². The first kappa shape index (κ1) is 18.4. The summed E-state index contributed by atoms with van der Waals surface area (Å²) in [6.07, 6.45) is 1.39. The van der Waals surface area contributed by atoms with Crippen molar-refractivity contribution in [2.45, 2.75) is 20.5 Å². The lowest BCUT2D eigenvalue weighted by Crippen LogP contribution is -2.32. The van der Waals surface area contributed by atoms with Crippen LogP contribution in [0.2, 0.25) is 0 Å². The van der Waals surface area contributed by atoms with Gasteiger partial charge in [-0.25, -0.2) is 4.39 Å². The minimum absolute atomic E-state index is 0.0630. The van der Waals surface area contributed by atoms with Crippen LogP contribution in [0.4, 0.5) is 10.1 Å². The third-order valence-electron chi connectivity index (χ3n) is 4.12. The van der Waals surface area contributed by atoms with E-state index in [0.29, 0.717) is 11.3 Å². The van der Waals surface area contributed by atoms with Gasteiger partial charge in [-0.15, -0.1) is 0 Å². The second-order valence-corrected chi connectivity index (χ2v) is 6.19. The summed E-state index contributed by atoms with van der Waals surface area (Å²) in [5, 5.41) is 2.75. The average molecular weight is 366 g/mol. The van der Waals surface area contributed by atoms with Crippen molar-refractivity contribution >= 4 is 11.6 Å². The summed E-state index contributed by atoms with van der Waals surface area (Å²) < 4.78 is 14.6. The zero-order valence-corrected chi connectivity index (χ0v) is 15.0. The van der Waals surface area contributed by atoms with E-state index in [1.54, 1.807) is 18.2 Å². The number of nitrogens with one attached hydrogen (secondary N) is 1. The van der Waals surface area contributed by atoms with Crippen molar-refractivity contribution in [1.29, 1.82) is 0 Å². The van der Waals surface area contributed by atoms with E-state index in [9.17, 15) is 14.0 Å². The quantitative estimate of drug-likeness (QED) is 0.752. The van der Waals surface area contributed by atoms with Gasteiger partial charge in [-0.3, -0.25) is 9.59 Å². The Morgan fingerprint density at radius 3 is 2.67 bits per heavy atom. The van der Waals surface area contributed by atoms with E-state index in [1.165, 1.54) is 24.4 Å². The number of carbonyl (C=O) groups excluding carboxylic acids is 1. The summed E-state index contributed by atoms with van der Waals surface area (Å²) in [6, 6.07) is 14.8. The Labute approximate surface area is 156 Å². The Hall–Kier alpha value is -3.41. The summed E-state index contributed by atoms with van der Waals surface area (Å²) in [5.74, 6) is -0.952. The van der Waals surface area contributed by atoms with Gasteiger partial charge in [0.15, 0.2) is 0 Å². The fourth-order valence-electron chi connectivity index (χ4n) is 2.56.